The molecule has 0 saturated carbocycles. The van der Waals surface area contributed by atoms with Crippen molar-refractivity contribution in [2.75, 3.05) is 13.2 Å². The maximum absolute atomic E-state index is 12.8. The average Bonchev–Trinajstić information content (AvgIpc) is 2.75. The largest absolute Gasteiger partial charge is 0.464 e. The molecule has 12 nitrogen and oxygen atoms in total. The number of carbonyl (C=O) groups is 5. The Balaban J connectivity index is 2.97. The van der Waals surface area contributed by atoms with E-state index in [1.165, 1.54) is 13.8 Å². The summed E-state index contributed by atoms with van der Waals surface area (Å²) in [6.07, 6.45) is -3.85. The first-order valence-corrected chi connectivity index (χ1v) is 10.6. The average molecular weight is 482 g/mol. The van der Waals surface area contributed by atoms with Crippen LogP contribution in [0.4, 0.5) is 9.59 Å². The van der Waals surface area contributed by atoms with E-state index >= 15 is 0 Å². The molecule has 188 valence electrons. The van der Waals surface area contributed by atoms with Crippen LogP contribution in [0, 0.1) is 0 Å². The van der Waals surface area contributed by atoms with Crippen LogP contribution in [0.3, 0.4) is 0 Å². The van der Waals surface area contributed by atoms with Crippen molar-refractivity contribution < 1.29 is 42.9 Å². The first kappa shape index (κ1) is 28.2. The summed E-state index contributed by atoms with van der Waals surface area (Å²) in [5, 5.41) is 6.43. The van der Waals surface area contributed by atoms with Crippen molar-refractivity contribution in [1.82, 2.24) is 16.0 Å². The Morgan fingerprint density at radius 3 is 1.82 bits per heavy atom. The SMILES string of the molecule is CCOC(=O)C(NC(=O)C(NC(=O)OCc1ccccc1)NC(=O)OC(C)(C)C)C(=O)OCC. The van der Waals surface area contributed by atoms with Crippen LogP contribution in [0.25, 0.3) is 0 Å². The van der Waals surface area contributed by atoms with Gasteiger partial charge in [0.25, 0.3) is 5.91 Å². The first-order chi connectivity index (χ1) is 16.0. The molecule has 1 rings (SSSR count). The van der Waals surface area contributed by atoms with E-state index in [0.29, 0.717) is 5.56 Å². The lowest BCUT2D eigenvalue weighted by atomic mass is 10.2. The second-order valence-corrected chi connectivity index (χ2v) is 7.73. The number of rotatable bonds is 10. The van der Waals surface area contributed by atoms with Gasteiger partial charge >= 0.3 is 24.1 Å². The number of carbonyl (C=O) groups excluding carboxylic acids is 5. The molecule has 0 aliphatic heterocycles. The summed E-state index contributed by atoms with van der Waals surface area (Å²) in [7, 11) is 0. The highest BCUT2D eigenvalue weighted by Gasteiger charge is 2.35. The third-order valence-electron chi connectivity index (χ3n) is 3.73. The maximum atomic E-state index is 12.8. The van der Waals surface area contributed by atoms with Crippen molar-refractivity contribution in [2.24, 2.45) is 0 Å². The zero-order valence-electron chi connectivity index (χ0n) is 19.8. The molecule has 1 aromatic carbocycles. The van der Waals surface area contributed by atoms with Crippen molar-refractivity contribution in [1.29, 1.82) is 0 Å². The summed E-state index contributed by atoms with van der Waals surface area (Å²) in [4.78, 5) is 61.6. The topological polar surface area (TPSA) is 158 Å². The van der Waals surface area contributed by atoms with Crippen LogP contribution in [0.5, 0.6) is 0 Å². The molecule has 0 bridgehead atoms. The van der Waals surface area contributed by atoms with Gasteiger partial charge in [-0.15, -0.1) is 0 Å². The van der Waals surface area contributed by atoms with Gasteiger partial charge < -0.3 is 24.3 Å². The molecule has 12 heteroatoms. The highest BCUT2D eigenvalue weighted by Crippen LogP contribution is 2.07. The second kappa shape index (κ2) is 13.7. The second-order valence-electron chi connectivity index (χ2n) is 7.73. The van der Waals surface area contributed by atoms with Gasteiger partial charge in [-0.1, -0.05) is 30.3 Å². The maximum Gasteiger partial charge on any atom is 0.409 e. The molecule has 0 aliphatic carbocycles. The lowest BCUT2D eigenvalue weighted by molar-refractivity contribution is -0.159. The van der Waals surface area contributed by atoms with E-state index in [4.69, 9.17) is 18.9 Å². The summed E-state index contributed by atoms with van der Waals surface area (Å²) in [6, 6.07) is 6.92. The number of benzene rings is 1. The van der Waals surface area contributed by atoms with Crippen molar-refractivity contribution in [3.8, 4) is 0 Å². The standard InChI is InChI=1S/C22H31N3O9/c1-6-31-18(27)15(19(28)32-7-2)23-17(26)16(25-21(30)34-22(3,4)5)24-20(29)33-13-14-11-9-8-10-12-14/h8-12,15-16H,6-7,13H2,1-5H3,(H,23,26)(H,24,29)(H,25,30). The van der Waals surface area contributed by atoms with E-state index < -0.39 is 47.8 Å². The summed E-state index contributed by atoms with van der Waals surface area (Å²) in [5.74, 6) is -3.26. The molecule has 1 atom stereocenters. The van der Waals surface area contributed by atoms with Crippen LogP contribution in [-0.4, -0.2) is 61.1 Å². The van der Waals surface area contributed by atoms with Gasteiger partial charge in [0.1, 0.15) is 12.2 Å². The molecular weight excluding hydrogens is 450 g/mol. The van der Waals surface area contributed by atoms with Gasteiger partial charge in [0.2, 0.25) is 6.04 Å². The van der Waals surface area contributed by atoms with E-state index in [9.17, 15) is 24.0 Å². The number of hydrogen-bond donors (Lipinski definition) is 3. The Morgan fingerprint density at radius 1 is 0.794 bits per heavy atom. The number of alkyl carbamates (subject to hydrolysis) is 2. The third kappa shape index (κ3) is 10.7. The quantitative estimate of drug-likeness (QED) is 0.194. The van der Waals surface area contributed by atoms with E-state index in [2.05, 4.69) is 16.0 Å². The molecule has 0 aliphatic rings. The summed E-state index contributed by atoms with van der Waals surface area (Å²) >= 11 is 0. The highest BCUT2D eigenvalue weighted by atomic mass is 16.6. The van der Waals surface area contributed by atoms with Crippen molar-refractivity contribution in [3.63, 3.8) is 0 Å². The Bertz CT molecular complexity index is 835. The lowest BCUT2D eigenvalue weighted by Gasteiger charge is -2.24. The van der Waals surface area contributed by atoms with Crippen LogP contribution in [-0.2, 0) is 39.9 Å². The van der Waals surface area contributed by atoms with Gasteiger partial charge in [0, 0.05) is 0 Å². The zero-order chi connectivity index (χ0) is 25.7. The highest BCUT2D eigenvalue weighted by molar-refractivity contribution is 6.03. The van der Waals surface area contributed by atoms with Crippen LogP contribution in [0.2, 0.25) is 0 Å². The predicted octanol–water partition coefficient (Wildman–Crippen LogP) is 1.37. The van der Waals surface area contributed by atoms with Crippen molar-refractivity contribution in [2.45, 2.75) is 59.0 Å². The lowest BCUT2D eigenvalue weighted by Crippen LogP contribution is -2.61. The minimum absolute atomic E-state index is 0.0613. The Kier molecular flexibility index (Phi) is 11.3. The molecule has 0 spiro atoms. The Morgan fingerprint density at radius 2 is 1.32 bits per heavy atom. The number of esters is 2. The van der Waals surface area contributed by atoms with Gasteiger partial charge in [0.15, 0.2) is 6.17 Å². The van der Waals surface area contributed by atoms with Crippen LogP contribution >= 0.6 is 0 Å². The summed E-state index contributed by atoms with van der Waals surface area (Å²) < 4.78 is 19.7. The molecule has 0 heterocycles. The minimum Gasteiger partial charge on any atom is -0.464 e. The first-order valence-electron chi connectivity index (χ1n) is 10.6. The normalized spacial score (nSPS) is 11.6. The molecule has 0 radical (unpaired) electrons. The summed E-state index contributed by atoms with van der Waals surface area (Å²) in [5.41, 5.74) is -0.222. The Labute approximate surface area is 197 Å². The van der Waals surface area contributed by atoms with Crippen LogP contribution in [0.1, 0.15) is 40.2 Å². The van der Waals surface area contributed by atoms with Gasteiger partial charge in [-0.25, -0.2) is 19.2 Å². The fourth-order valence-corrected chi connectivity index (χ4v) is 2.37. The molecule has 3 N–H and O–H groups in total. The fraction of sp³-hybridized carbons (Fsp3) is 0.500. The molecule has 1 aromatic rings. The van der Waals surface area contributed by atoms with Gasteiger partial charge in [-0.05, 0) is 40.2 Å². The predicted molar refractivity (Wildman–Crippen MR) is 118 cm³/mol. The van der Waals surface area contributed by atoms with Gasteiger partial charge in [-0.3, -0.25) is 15.4 Å². The number of amides is 3. The van der Waals surface area contributed by atoms with Gasteiger partial charge in [-0.2, -0.15) is 0 Å². The Hall–Kier alpha value is -3.83. The molecule has 34 heavy (non-hydrogen) atoms. The zero-order valence-corrected chi connectivity index (χ0v) is 19.8. The van der Waals surface area contributed by atoms with E-state index in [1.807, 2.05) is 0 Å². The van der Waals surface area contributed by atoms with Crippen LogP contribution in [0.15, 0.2) is 30.3 Å². The molecular formula is C22H31N3O9. The van der Waals surface area contributed by atoms with E-state index in [-0.39, 0.29) is 19.8 Å². The molecule has 3 amide bonds. The van der Waals surface area contributed by atoms with Gasteiger partial charge in [0.05, 0.1) is 13.2 Å². The number of ether oxygens (including phenoxy) is 4. The summed E-state index contributed by atoms with van der Waals surface area (Å²) in [6.45, 7) is 7.59. The van der Waals surface area contributed by atoms with Crippen molar-refractivity contribution >= 4 is 30.0 Å². The number of nitrogens with one attached hydrogen (secondary N) is 3. The minimum atomic E-state index is -1.82. The molecule has 0 saturated heterocycles. The third-order valence-corrected chi connectivity index (χ3v) is 3.73. The van der Waals surface area contributed by atoms with E-state index in [1.54, 1.807) is 51.1 Å². The van der Waals surface area contributed by atoms with Crippen molar-refractivity contribution in [3.05, 3.63) is 35.9 Å². The smallest absolute Gasteiger partial charge is 0.409 e. The van der Waals surface area contributed by atoms with E-state index in [0.717, 1.165) is 0 Å². The molecule has 1 unspecified atom stereocenters. The molecule has 0 fully saturated rings. The molecule has 0 aromatic heterocycles. The number of hydrogen-bond acceptors (Lipinski definition) is 9. The van der Waals surface area contributed by atoms with Crippen LogP contribution < -0.4 is 16.0 Å². The monoisotopic (exact) mass is 481 g/mol. The fourth-order valence-electron chi connectivity index (χ4n) is 2.37.